The molecule has 1 aromatic rings. The Bertz CT molecular complexity index is 363. The molecule has 0 aliphatic rings. The summed E-state index contributed by atoms with van der Waals surface area (Å²) in [6, 6.07) is 3.10. The topological polar surface area (TPSA) is 81.5 Å². The lowest BCUT2D eigenvalue weighted by molar-refractivity contribution is -0.380. The van der Waals surface area contributed by atoms with E-state index >= 15 is 0 Å². The van der Waals surface area contributed by atoms with Gasteiger partial charge in [-0.25, -0.2) is 0 Å². The number of methoxy groups -OCH3 is 1. The second kappa shape index (κ2) is 5.42. The van der Waals surface area contributed by atoms with Gasteiger partial charge >= 0.3 is 11.0 Å². The molecule has 1 rings (SSSR count). The van der Waals surface area contributed by atoms with E-state index in [0.717, 1.165) is 16.2 Å². The maximum atomic E-state index is 10.7. The number of nitrogens with one attached hydrogen (secondary N) is 1. The first-order valence-electron chi connectivity index (χ1n) is 4.14. The first-order chi connectivity index (χ1) is 7.13. The van der Waals surface area contributed by atoms with Crippen molar-refractivity contribution in [2.24, 2.45) is 0 Å². The van der Waals surface area contributed by atoms with E-state index in [9.17, 15) is 14.9 Å². The number of nitro groups is 1. The number of rotatable bonds is 5. The largest absolute Gasteiger partial charge is 0.468 e. The standard InChI is InChI=1S/C8H10N2O4S/c1-14-8(11)5-9-4-6-2-3-7(15-6)10(12)13/h2-3,9H,4-5H2,1H3. The first-order valence-corrected chi connectivity index (χ1v) is 4.95. The molecular weight excluding hydrogens is 220 g/mol. The van der Waals surface area contributed by atoms with E-state index in [4.69, 9.17) is 0 Å². The number of nitrogens with zero attached hydrogens (tertiary/aromatic N) is 1. The molecule has 0 atom stereocenters. The molecule has 1 heterocycles. The van der Waals surface area contributed by atoms with Crippen molar-refractivity contribution in [3.8, 4) is 0 Å². The van der Waals surface area contributed by atoms with Crippen LogP contribution in [0.4, 0.5) is 5.00 Å². The number of hydrogen-bond acceptors (Lipinski definition) is 6. The van der Waals surface area contributed by atoms with Gasteiger partial charge in [0.05, 0.1) is 18.6 Å². The van der Waals surface area contributed by atoms with E-state index in [1.807, 2.05) is 0 Å². The third-order valence-electron chi connectivity index (χ3n) is 1.62. The third kappa shape index (κ3) is 3.64. The Morgan fingerprint density at radius 1 is 1.67 bits per heavy atom. The lowest BCUT2D eigenvalue weighted by Gasteiger charge is -1.99. The summed E-state index contributed by atoms with van der Waals surface area (Å²) < 4.78 is 4.43. The van der Waals surface area contributed by atoms with Gasteiger partial charge in [-0.05, 0) is 6.07 Å². The molecule has 0 saturated heterocycles. The average Bonchev–Trinajstić information content (AvgIpc) is 2.66. The Balaban J connectivity index is 2.38. The molecule has 0 bridgehead atoms. The molecule has 0 aliphatic heterocycles. The Labute approximate surface area is 90.0 Å². The molecule has 6 nitrogen and oxygen atoms in total. The minimum atomic E-state index is -0.436. The van der Waals surface area contributed by atoms with Gasteiger partial charge in [0.15, 0.2) is 0 Å². The van der Waals surface area contributed by atoms with Crippen LogP contribution in [0.1, 0.15) is 4.88 Å². The summed E-state index contributed by atoms with van der Waals surface area (Å²) in [5.41, 5.74) is 0. The van der Waals surface area contributed by atoms with Gasteiger partial charge < -0.3 is 10.1 Å². The van der Waals surface area contributed by atoms with Crippen molar-refractivity contribution in [2.75, 3.05) is 13.7 Å². The van der Waals surface area contributed by atoms with Crippen molar-refractivity contribution in [3.63, 3.8) is 0 Å². The number of ether oxygens (including phenoxy) is 1. The van der Waals surface area contributed by atoms with E-state index < -0.39 is 4.92 Å². The molecule has 82 valence electrons. The minimum absolute atomic E-state index is 0.0994. The van der Waals surface area contributed by atoms with Gasteiger partial charge in [0.2, 0.25) is 0 Å². The number of carbonyl (C=O) groups excluding carboxylic acids is 1. The van der Waals surface area contributed by atoms with Gasteiger partial charge in [-0.15, -0.1) is 0 Å². The smallest absolute Gasteiger partial charge is 0.324 e. The van der Waals surface area contributed by atoms with Gasteiger partial charge in [0.25, 0.3) is 0 Å². The second-order valence-electron chi connectivity index (χ2n) is 2.68. The van der Waals surface area contributed by atoms with Gasteiger partial charge in [-0.2, -0.15) is 0 Å². The van der Waals surface area contributed by atoms with Gasteiger partial charge in [-0.3, -0.25) is 14.9 Å². The van der Waals surface area contributed by atoms with E-state index in [1.54, 1.807) is 6.07 Å². The highest BCUT2D eigenvalue weighted by atomic mass is 32.1. The average molecular weight is 230 g/mol. The number of hydrogen-bond donors (Lipinski definition) is 1. The van der Waals surface area contributed by atoms with E-state index in [2.05, 4.69) is 10.1 Å². The summed E-state index contributed by atoms with van der Waals surface area (Å²) in [5.74, 6) is -0.360. The lowest BCUT2D eigenvalue weighted by atomic mass is 10.4. The summed E-state index contributed by atoms with van der Waals surface area (Å²) in [6.45, 7) is 0.524. The SMILES string of the molecule is COC(=O)CNCc1ccc([N+](=O)[O-])s1. The van der Waals surface area contributed by atoms with Crippen molar-refractivity contribution in [1.29, 1.82) is 0 Å². The molecule has 0 aromatic carbocycles. The first kappa shape index (κ1) is 11.6. The summed E-state index contributed by atoms with van der Waals surface area (Å²) in [5, 5.41) is 13.3. The predicted molar refractivity (Wildman–Crippen MR) is 54.7 cm³/mol. The Morgan fingerprint density at radius 3 is 2.93 bits per heavy atom. The van der Waals surface area contributed by atoms with Crippen molar-refractivity contribution in [2.45, 2.75) is 6.54 Å². The molecule has 0 fully saturated rings. The van der Waals surface area contributed by atoms with Crippen molar-refractivity contribution in [3.05, 3.63) is 27.1 Å². The summed E-state index contributed by atoms with van der Waals surface area (Å²) in [6.07, 6.45) is 0. The molecule has 0 amide bonds. The van der Waals surface area contributed by atoms with Crippen LogP contribution in [0.3, 0.4) is 0 Å². The fraction of sp³-hybridized carbons (Fsp3) is 0.375. The number of carbonyl (C=O) groups is 1. The van der Waals surface area contributed by atoms with Crippen LogP contribution in [-0.4, -0.2) is 24.5 Å². The maximum Gasteiger partial charge on any atom is 0.324 e. The minimum Gasteiger partial charge on any atom is -0.468 e. The third-order valence-corrected chi connectivity index (χ3v) is 2.66. The molecule has 0 aliphatic carbocycles. The fourth-order valence-electron chi connectivity index (χ4n) is 0.920. The Hall–Kier alpha value is -1.47. The van der Waals surface area contributed by atoms with Crippen LogP contribution in [0.2, 0.25) is 0 Å². The highest BCUT2D eigenvalue weighted by molar-refractivity contribution is 7.15. The molecular formula is C8H10N2O4S. The quantitative estimate of drug-likeness (QED) is 0.462. The van der Waals surface area contributed by atoms with Gasteiger partial charge in [-0.1, -0.05) is 11.3 Å². The molecule has 0 spiro atoms. The number of esters is 1. The summed E-state index contributed by atoms with van der Waals surface area (Å²) in [4.78, 5) is 21.5. The zero-order valence-electron chi connectivity index (χ0n) is 8.06. The second-order valence-corrected chi connectivity index (χ2v) is 3.82. The molecule has 0 unspecified atom stereocenters. The maximum absolute atomic E-state index is 10.7. The van der Waals surface area contributed by atoms with Crippen LogP contribution < -0.4 is 5.32 Å². The van der Waals surface area contributed by atoms with Crippen LogP contribution in [0.25, 0.3) is 0 Å². The van der Waals surface area contributed by atoms with Crippen LogP contribution in [0.5, 0.6) is 0 Å². The van der Waals surface area contributed by atoms with Crippen LogP contribution in [0, 0.1) is 10.1 Å². The van der Waals surface area contributed by atoms with Crippen LogP contribution in [0.15, 0.2) is 12.1 Å². The molecule has 7 heteroatoms. The highest BCUT2D eigenvalue weighted by Gasteiger charge is 2.09. The highest BCUT2D eigenvalue weighted by Crippen LogP contribution is 2.23. The summed E-state index contributed by atoms with van der Waals surface area (Å²) >= 11 is 1.09. The van der Waals surface area contributed by atoms with E-state index in [0.29, 0.717) is 6.54 Å². The van der Waals surface area contributed by atoms with E-state index in [1.165, 1.54) is 13.2 Å². The fourth-order valence-corrected chi connectivity index (χ4v) is 1.71. The van der Waals surface area contributed by atoms with Crippen LogP contribution >= 0.6 is 11.3 Å². The van der Waals surface area contributed by atoms with Crippen molar-refractivity contribution < 1.29 is 14.5 Å². The number of thiophene rings is 1. The van der Waals surface area contributed by atoms with E-state index in [-0.39, 0.29) is 17.5 Å². The van der Waals surface area contributed by atoms with Crippen molar-refractivity contribution >= 4 is 22.3 Å². The zero-order valence-corrected chi connectivity index (χ0v) is 8.87. The van der Waals surface area contributed by atoms with Gasteiger partial charge in [0, 0.05) is 17.5 Å². The van der Waals surface area contributed by atoms with Crippen LogP contribution in [-0.2, 0) is 16.1 Å². The molecule has 1 N–H and O–H groups in total. The zero-order chi connectivity index (χ0) is 11.3. The van der Waals surface area contributed by atoms with Crippen molar-refractivity contribution in [1.82, 2.24) is 5.32 Å². The Morgan fingerprint density at radius 2 is 2.40 bits per heavy atom. The summed E-state index contributed by atoms with van der Waals surface area (Å²) in [7, 11) is 1.31. The lowest BCUT2D eigenvalue weighted by Crippen LogP contribution is -2.22. The molecule has 15 heavy (non-hydrogen) atoms. The van der Waals surface area contributed by atoms with Gasteiger partial charge in [0.1, 0.15) is 0 Å². The predicted octanol–water partition coefficient (Wildman–Crippen LogP) is 0.919. The monoisotopic (exact) mass is 230 g/mol. The molecule has 0 radical (unpaired) electrons. The normalized spacial score (nSPS) is 9.93. The molecule has 1 aromatic heterocycles. The molecule has 0 saturated carbocycles. The Kier molecular flexibility index (Phi) is 4.19.